The molecule has 1 aromatic carbocycles. The lowest BCUT2D eigenvalue weighted by molar-refractivity contribution is -0.117. The Kier molecular flexibility index (Phi) is 5.29. The van der Waals surface area contributed by atoms with E-state index in [1.165, 1.54) is 6.07 Å². The van der Waals surface area contributed by atoms with Crippen LogP contribution in [-0.2, 0) is 11.2 Å². The maximum Gasteiger partial charge on any atom is 0.131 e. The molecule has 0 saturated carbocycles. The number of benzene rings is 1. The van der Waals surface area contributed by atoms with Crippen LogP contribution in [0.1, 0.15) is 24.5 Å². The highest BCUT2D eigenvalue weighted by atomic mass is 19.1. The number of carbonyl (C=O) groups excluding carboxylic acids is 1. The molecule has 0 radical (unpaired) electrons. The fourth-order valence-corrected chi connectivity index (χ4v) is 1.64. The Morgan fingerprint density at radius 1 is 1.35 bits per heavy atom. The second kappa shape index (κ2) is 6.50. The second-order valence-electron chi connectivity index (χ2n) is 4.59. The minimum atomic E-state index is -0.154. The van der Waals surface area contributed by atoms with Gasteiger partial charge in [0, 0.05) is 19.5 Å². The molecule has 0 fully saturated rings. The van der Waals surface area contributed by atoms with Gasteiger partial charge in [-0.2, -0.15) is 0 Å². The summed E-state index contributed by atoms with van der Waals surface area (Å²) in [7, 11) is 2.00. The van der Waals surface area contributed by atoms with Crippen LogP contribution < -0.4 is 0 Å². The largest absolute Gasteiger partial charge is 0.306 e. The summed E-state index contributed by atoms with van der Waals surface area (Å²) >= 11 is 0. The van der Waals surface area contributed by atoms with Crippen molar-refractivity contribution < 1.29 is 9.18 Å². The third-order valence-corrected chi connectivity index (χ3v) is 2.85. The summed E-state index contributed by atoms with van der Waals surface area (Å²) in [6, 6.07) is 5.22. The van der Waals surface area contributed by atoms with Gasteiger partial charge in [0.25, 0.3) is 0 Å². The summed E-state index contributed by atoms with van der Waals surface area (Å²) in [5, 5.41) is 0. The first-order valence-electron chi connectivity index (χ1n) is 5.92. The first-order chi connectivity index (χ1) is 7.99. The Morgan fingerprint density at radius 2 is 2.06 bits per heavy atom. The van der Waals surface area contributed by atoms with Crippen molar-refractivity contribution in [3.8, 4) is 0 Å². The lowest BCUT2D eigenvalue weighted by Crippen LogP contribution is -2.23. The quantitative estimate of drug-likeness (QED) is 0.758. The Labute approximate surface area is 102 Å². The number of carbonyl (C=O) groups is 1. The molecule has 17 heavy (non-hydrogen) atoms. The minimum Gasteiger partial charge on any atom is -0.306 e. The van der Waals surface area contributed by atoms with E-state index in [9.17, 15) is 9.18 Å². The number of likely N-dealkylation sites (N-methyl/N-ethyl adjacent to an activating group) is 1. The molecular weight excluding hydrogens is 217 g/mol. The van der Waals surface area contributed by atoms with Crippen molar-refractivity contribution >= 4 is 5.78 Å². The number of nitrogens with zero attached hydrogens (tertiary/aromatic N) is 1. The van der Waals surface area contributed by atoms with Gasteiger partial charge in [-0.3, -0.25) is 4.79 Å². The van der Waals surface area contributed by atoms with Crippen molar-refractivity contribution in [1.82, 2.24) is 4.90 Å². The Morgan fingerprint density at radius 3 is 2.65 bits per heavy atom. The van der Waals surface area contributed by atoms with Crippen molar-refractivity contribution in [2.24, 2.45) is 0 Å². The van der Waals surface area contributed by atoms with Crippen molar-refractivity contribution in [1.29, 1.82) is 0 Å². The molecule has 0 bridgehead atoms. The van der Waals surface area contributed by atoms with E-state index in [2.05, 4.69) is 4.90 Å². The smallest absolute Gasteiger partial charge is 0.131 e. The number of hydrogen-bond donors (Lipinski definition) is 0. The van der Waals surface area contributed by atoms with Gasteiger partial charge in [-0.05, 0) is 44.5 Å². The van der Waals surface area contributed by atoms with Crippen LogP contribution in [0, 0.1) is 12.7 Å². The molecule has 0 unspecified atom stereocenters. The van der Waals surface area contributed by atoms with E-state index < -0.39 is 0 Å². The van der Waals surface area contributed by atoms with E-state index in [-0.39, 0.29) is 11.6 Å². The molecule has 0 aliphatic carbocycles. The zero-order valence-electron chi connectivity index (χ0n) is 10.8. The van der Waals surface area contributed by atoms with Crippen LogP contribution >= 0.6 is 0 Å². The van der Waals surface area contributed by atoms with E-state index in [4.69, 9.17) is 0 Å². The average Bonchev–Trinajstić information content (AvgIpc) is 2.28. The molecule has 0 N–H and O–H groups in total. The van der Waals surface area contributed by atoms with Crippen molar-refractivity contribution in [2.75, 3.05) is 20.1 Å². The molecule has 0 spiro atoms. The van der Waals surface area contributed by atoms with Gasteiger partial charge in [-0.25, -0.2) is 4.39 Å². The molecule has 0 aliphatic rings. The van der Waals surface area contributed by atoms with E-state index >= 15 is 0 Å². The summed E-state index contributed by atoms with van der Waals surface area (Å²) in [6.07, 6.45) is 1.48. The van der Waals surface area contributed by atoms with Gasteiger partial charge in [-0.15, -0.1) is 0 Å². The van der Waals surface area contributed by atoms with Crippen LogP contribution in [0.3, 0.4) is 0 Å². The maximum absolute atomic E-state index is 13.1. The fraction of sp³-hybridized carbons (Fsp3) is 0.500. The van der Waals surface area contributed by atoms with Gasteiger partial charge in [0.05, 0.1) is 0 Å². The SMILES string of the molecule is CC(=O)CCN(C)CCc1ccc(F)c(C)c1. The number of Topliss-reactive ketones (excluding diaryl/α,β-unsaturated/α-hetero) is 1. The third kappa shape index (κ3) is 5.09. The minimum absolute atomic E-state index is 0.154. The van der Waals surface area contributed by atoms with Crippen molar-refractivity contribution in [3.05, 3.63) is 35.1 Å². The highest BCUT2D eigenvalue weighted by molar-refractivity contribution is 5.75. The number of halogens is 1. The van der Waals surface area contributed by atoms with Crippen molar-refractivity contribution in [2.45, 2.75) is 26.7 Å². The van der Waals surface area contributed by atoms with Gasteiger partial charge in [0.1, 0.15) is 11.6 Å². The van der Waals surface area contributed by atoms with Crippen LogP contribution in [0.15, 0.2) is 18.2 Å². The molecule has 0 heterocycles. The van der Waals surface area contributed by atoms with Crippen LogP contribution in [0.4, 0.5) is 4.39 Å². The molecule has 0 aromatic heterocycles. The Bertz CT molecular complexity index is 390. The molecule has 0 saturated heterocycles. The lowest BCUT2D eigenvalue weighted by Gasteiger charge is -2.15. The molecule has 2 nitrogen and oxygen atoms in total. The zero-order valence-corrected chi connectivity index (χ0v) is 10.8. The highest BCUT2D eigenvalue weighted by Gasteiger charge is 2.03. The summed E-state index contributed by atoms with van der Waals surface area (Å²) in [5.74, 6) is 0.0631. The summed E-state index contributed by atoms with van der Waals surface area (Å²) in [6.45, 7) is 5.06. The standard InChI is InChI=1S/C14H20FNO/c1-11-10-13(4-5-14(11)15)7-9-16(3)8-6-12(2)17/h4-5,10H,6-9H2,1-3H3. The van der Waals surface area contributed by atoms with E-state index in [0.29, 0.717) is 12.0 Å². The summed E-state index contributed by atoms with van der Waals surface area (Å²) in [4.78, 5) is 13.0. The number of ketones is 1. The monoisotopic (exact) mass is 237 g/mol. The van der Waals surface area contributed by atoms with E-state index in [1.54, 1.807) is 13.8 Å². The topological polar surface area (TPSA) is 20.3 Å². The number of rotatable bonds is 6. The summed E-state index contributed by atoms with van der Waals surface area (Å²) < 4.78 is 13.1. The molecule has 1 aromatic rings. The number of hydrogen-bond acceptors (Lipinski definition) is 2. The third-order valence-electron chi connectivity index (χ3n) is 2.85. The first-order valence-corrected chi connectivity index (χ1v) is 5.92. The molecular formula is C14H20FNO. The fourth-order valence-electron chi connectivity index (χ4n) is 1.64. The number of aryl methyl sites for hydroxylation is 1. The van der Waals surface area contributed by atoms with Gasteiger partial charge in [0.15, 0.2) is 0 Å². The zero-order chi connectivity index (χ0) is 12.8. The predicted molar refractivity (Wildman–Crippen MR) is 67.6 cm³/mol. The van der Waals surface area contributed by atoms with Gasteiger partial charge in [-0.1, -0.05) is 12.1 Å². The summed E-state index contributed by atoms with van der Waals surface area (Å²) in [5.41, 5.74) is 1.83. The second-order valence-corrected chi connectivity index (χ2v) is 4.59. The van der Waals surface area contributed by atoms with Gasteiger partial charge in [0.2, 0.25) is 0 Å². The van der Waals surface area contributed by atoms with Crippen LogP contribution in [0.2, 0.25) is 0 Å². The van der Waals surface area contributed by atoms with Gasteiger partial charge < -0.3 is 4.90 Å². The van der Waals surface area contributed by atoms with Crippen molar-refractivity contribution in [3.63, 3.8) is 0 Å². The lowest BCUT2D eigenvalue weighted by atomic mass is 10.1. The Hall–Kier alpha value is -1.22. The normalized spacial score (nSPS) is 10.9. The molecule has 94 valence electrons. The molecule has 3 heteroatoms. The highest BCUT2D eigenvalue weighted by Crippen LogP contribution is 2.10. The molecule has 1 rings (SSSR count). The molecule has 0 aliphatic heterocycles. The van der Waals surface area contributed by atoms with Crippen LogP contribution in [-0.4, -0.2) is 30.8 Å². The van der Waals surface area contributed by atoms with E-state index in [1.807, 2.05) is 19.2 Å². The van der Waals surface area contributed by atoms with Crippen LogP contribution in [0.5, 0.6) is 0 Å². The Balaban J connectivity index is 2.39. The predicted octanol–water partition coefficient (Wildman–Crippen LogP) is 2.59. The first kappa shape index (κ1) is 13.8. The van der Waals surface area contributed by atoms with E-state index in [0.717, 1.165) is 25.1 Å². The molecule has 0 atom stereocenters. The maximum atomic E-state index is 13.1. The van der Waals surface area contributed by atoms with Crippen LogP contribution in [0.25, 0.3) is 0 Å². The average molecular weight is 237 g/mol. The van der Waals surface area contributed by atoms with Gasteiger partial charge >= 0.3 is 0 Å². The molecule has 0 amide bonds.